The van der Waals surface area contributed by atoms with Gasteiger partial charge in [0.25, 0.3) is 0 Å². The fourth-order valence-electron chi connectivity index (χ4n) is 2.11. The largest absolute Gasteiger partial charge is 0.507 e. The lowest BCUT2D eigenvalue weighted by Crippen LogP contribution is -2.28. The van der Waals surface area contributed by atoms with Gasteiger partial charge in [0, 0.05) is 23.3 Å². The van der Waals surface area contributed by atoms with Gasteiger partial charge in [-0.15, -0.1) is 0 Å². The number of aliphatic hydroxyl groups excluding tert-OH is 1. The number of aliphatic hydroxyl groups is 1. The minimum atomic E-state index is 0.390. The molecule has 0 unspecified atom stereocenters. The second-order valence-electron chi connectivity index (χ2n) is 4.94. The normalized spacial score (nSPS) is 15.3. The van der Waals surface area contributed by atoms with Crippen molar-refractivity contribution in [3.8, 4) is 0 Å². The maximum absolute atomic E-state index is 10.1. The average molecular weight is 232 g/mol. The van der Waals surface area contributed by atoms with Crippen molar-refractivity contribution in [1.82, 2.24) is 9.88 Å². The molecule has 3 nitrogen and oxygen atoms in total. The molecule has 0 saturated heterocycles. The Morgan fingerprint density at radius 2 is 2.18 bits per heavy atom. The van der Waals surface area contributed by atoms with Crippen LogP contribution < -0.4 is 10.6 Å². The highest BCUT2D eigenvalue weighted by atomic mass is 16.3. The number of allylic oxidation sites excluding steroid dienone is 1. The molecule has 0 aromatic carbocycles. The van der Waals surface area contributed by atoms with Gasteiger partial charge in [-0.3, -0.25) is 0 Å². The van der Waals surface area contributed by atoms with E-state index in [1.807, 2.05) is 19.2 Å². The number of rotatable bonds is 3. The van der Waals surface area contributed by atoms with Crippen LogP contribution in [0, 0.1) is 0 Å². The predicted molar refractivity (Wildman–Crippen MR) is 71.2 cm³/mol. The first kappa shape index (κ1) is 12.0. The highest BCUT2D eigenvalue weighted by Gasteiger charge is 2.07. The van der Waals surface area contributed by atoms with Gasteiger partial charge in [-0.25, -0.2) is 0 Å². The van der Waals surface area contributed by atoms with Crippen LogP contribution in [-0.2, 0) is 6.42 Å². The molecule has 0 aliphatic heterocycles. The first-order valence-electron chi connectivity index (χ1n) is 5.99. The fourth-order valence-corrected chi connectivity index (χ4v) is 2.11. The fraction of sp³-hybridized carbons (Fsp3) is 0.429. The zero-order valence-corrected chi connectivity index (χ0v) is 10.7. The maximum Gasteiger partial charge on any atom is 0.125 e. The Hall–Kier alpha value is -1.48. The van der Waals surface area contributed by atoms with Crippen molar-refractivity contribution in [2.45, 2.75) is 19.8 Å². The number of aromatic amines is 1. The number of likely N-dealkylation sites (N-methyl/N-ethyl adjacent to an activating group) is 1. The van der Waals surface area contributed by atoms with Crippen LogP contribution in [0.3, 0.4) is 0 Å². The number of hydrogen-bond donors (Lipinski definition) is 2. The summed E-state index contributed by atoms with van der Waals surface area (Å²) in [6.07, 6.45) is 7.86. The van der Waals surface area contributed by atoms with Gasteiger partial charge in [-0.2, -0.15) is 0 Å². The minimum absolute atomic E-state index is 0.390. The van der Waals surface area contributed by atoms with Crippen LogP contribution in [0.15, 0.2) is 17.8 Å². The van der Waals surface area contributed by atoms with Crippen LogP contribution >= 0.6 is 0 Å². The van der Waals surface area contributed by atoms with Crippen molar-refractivity contribution >= 4 is 11.8 Å². The smallest absolute Gasteiger partial charge is 0.125 e. The molecule has 92 valence electrons. The molecule has 17 heavy (non-hydrogen) atoms. The zero-order valence-electron chi connectivity index (χ0n) is 10.7. The summed E-state index contributed by atoms with van der Waals surface area (Å²) < 4.78 is 0. The van der Waals surface area contributed by atoms with Gasteiger partial charge in [0.15, 0.2) is 0 Å². The molecule has 3 heteroatoms. The lowest BCUT2D eigenvalue weighted by atomic mass is 10.1. The Bertz CT molecular complexity index is 549. The van der Waals surface area contributed by atoms with Gasteiger partial charge in [-0.05, 0) is 45.5 Å². The van der Waals surface area contributed by atoms with Crippen LogP contribution in [0.5, 0.6) is 0 Å². The topological polar surface area (TPSA) is 39.3 Å². The quantitative estimate of drug-likeness (QED) is 0.813. The van der Waals surface area contributed by atoms with E-state index in [-0.39, 0.29) is 0 Å². The third-order valence-corrected chi connectivity index (χ3v) is 3.09. The summed E-state index contributed by atoms with van der Waals surface area (Å²) in [7, 11) is 4.12. The Morgan fingerprint density at radius 3 is 2.88 bits per heavy atom. The van der Waals surface area contributed by atoms with Crippen molar-refractivity contribution in [2.24, 2.45) is 0 Å². The van der Waals surface area contributed by atoms with E-state index >= 15 is 0 Å². The molecule has 2 rings (SSSR count). The number of nitrogens with zero attached hydrogens (tertiary/aromatic N) is 1. The van der Waals surface area contributed by atoms with Crippen molar-refractivity contribution in [3.05, 3.63) is 34.0 Å². The second kappa shape index (κ2) is 4.80. The molecule has 0 bridgehead atoms. The molecule has 0 fully saturated rings. The third-order valence-electron chi connectivity index (χ3n) is 3.09. The van der Waals surface area contributed by atoms with E-state index in [2.05, 4.69) is 30.1 Å². The van der Waals surface area contributed by atoms with E-state index in [9.17, 15) is 5.11 Å². The van der Waals surface area contributed by atoms with E-state index in [0.29, 0.717) is 5.76 Å². The Labute approximate surface area is 102 Å². The van der Waals surface area contributed by atoms with Crippen LogP contribution in [-0.4, -0.2) is 35.6 Å². The molecular formula is C14H20N2O. The van der Waals surface area contributed by atoms with Crippen LogP contribution in [0.2, 0.25) is 0 Å². The first-order chi connectivity index (χ1) is 8.08. The Balaban J connectivity index is 2.46. The molecule has 0 saturated carbocycles. The molecule has 1 aliphatic carbocycles. The summed E-state index contributed by atoms with van der Waals surface area (Å²) in [5, 5.41) is 12.2. The summed E-state index contributed by atoms with van der Waals surface area (Å²) in [5.41, 5.74) is 2.37. The second-order valence-corrected chi connectivity index (χ2v) is 4.94. The summed E-state index contributed by atoms with van der Waals surface area (Å²) >= 11 is 0. The standard InChI is InChI=1S/C14H20N2O/c1-10-4-5-12-14(13(17)8-10)11(9-15-12)6-7-16(2)3/h5,8-9,15,17H,4,6-7H2,1-3H3. The molecular weight excluding hydrogens is 212 g/mol. The van der Waals surface area contributed by atoms with E-state index in [0.717, 1.165) is 30.0 Å². The van der Waals surface area contributed by atoms with Crippen LogP contribution in [0.25, 0.3) is 11.8 Å². The van der Waals surface area contributed by atoms with E-state index in [4.69, 9.17) is 0 Å². The first-order valence-corrected chi connectivity index (χ1v) is 5.99. The number of aromatic nitrogens is 1. The van der Waals surface area contributed by atoms with Crippen molar-refractivity contribution in [1.29, 1.82) is 0 Å². The van der Waals surface area contributed by atoms with E-state index in [1.165, 1.54) is 11.1 Å². The third kappa shape index (κ3) is 2.61. The van der Waals surface area contributed by atoms with E-state index in [1.54, 1.807) is 0 Å². The molecule has 1 aromatic heterocycles. The van der Waals surface area contributed by atoms with Gasteiger partial charge in [0.05, 0.1) is 0 Å². The van der Waals surface area contributed by atoms with E-state index < -0.39 is 0 Å². The number of fused-ring (bicyclic) bond motifs is 1. The number of H-pyrrole nitrogens is 1. The van der Waals surface area contributed by atoms with Gasteiger partial charge < -0.3 is 15.0 Å². The summed E-state index contributed by atoms with van der Waals surface area (Å²) in [6.45, 7) is 3.03. The minimum Gasteiger partial charge on any atom is -0.507 e. The highest BCUT2D eigenvalue weighted by Crippen LogP contribution is 2.07. The summed E-state index contributed by atoms with van der Waals surface area (Å²) in [6, 6.07) is 0. The molecule has 0 atom stereocenters. The summed E-state index contributed by atoms with van der Waals surface area (Å²) in [5.74, 6) is 0.390. The average Bonchev–Trinajstić information content (AvgIpc) is 2.60. The molecule has 1 aromatic rings. The van der Waals surface area contributed by atoms with Crippen molar-refractivity contribution < 1.29 is 5.11 Å². The van der Waals surface area contributed by atoms with Crippen LogP contribution in [0.4, 0.5) is 0 Å². The number of hydrogen-bond acceptors (Lipinski definition) is 2. The zero-order chi connectivity index (χ0) is 12.4. The molecule has 0 radical (unpaired) electrons. The highest BCUT2D eigenvalue weighted by molar-refractivity contribution is 5.55. The maximum atomic E-state index is 10.1. The molecule has 1 heterocycles. The lowest BCUT2D eigenvalue weighted by molar-refractivity contribution is 0.413. The Kier molecular flexibility index (Phi) is 3.38. The SMILES string of the molecule is CC1=CC(O)=c2c(CCN(C)C)c[nH]c2=CC1. The van der Waals surface area contributed by atoms with Gasteiger partial charge >= 0.3 is 0 Å². The predicted octanol–water partition coefficient (Wildman–Crippen LogP) is 0.916. The van der Waals surface area contributed by atoms with Crippen molar-refractivity contribution in [3.63, 3.8) is 0 Å². The summed E-state index contributed by atoms with van der Waals surface area (Å²) in [4.78, 5) is 5.40. The number of nitrogens with one attached hydrogen (secondary N) is 1. The van der Waals surface area contributed by atoms with Crippen molar-refractivity contribution in [2.75, 3.05) is 20.6 Å². The molecule has 0 amide bonds. The molecule has 1 aliphatic rings. The van der Waals surface area contributed by atoms with Gasteiger partial charge in [0.1, 0.15) is 5.76 Å². The molecule has 0 spiro atoms. The van der Waals surface area contributed by atoms with Gasteiger partial charge in [0.2, 0.25) is 0 Å². The van der Waals surface area contributed by atoms with Crippen LogP contribution in [0.1, 0.15) is 18.9 Å². The molecule has 2 N–H and O–H groups in total. The monoisotopic (exact) mass is 232 g/mol. The van der Waals surface area contributed by atoms with Gasteiger partial charge in [-0.1, -0.05) is 11.6 Å². The lowest BCUT2D eigenvalue weighted by Gasteiger charge is -2.07. The Morgan fingerprint density at radius 1 is 1.41 bits per heavy atom.